The fourth-order valence-corrected chi connectivity index (χ4v) is 2.14. The van der Waals surface area contributed by atoms with Crippen LogP contribution >= 0.6 is 11.3 Å². The van der Waals surface area contributed by atoms with E-state index in [1.807, 2.05) is 13.8 Å². The highest BCUT2D eigenvalue weighted by atomic mass is 32.1. The molecule has 1 heterocycles. The van der Waals surface area contributed by atoms with E-state index >= 15 is 0 Å². The molecule has 5 heteroatoms. The molecule has 2 N–H and O–H groups in total. The average Bonchev–Trinajstić information content (AvgIpc) is 2.89. The summed E-state index contributed by atoms with van der Waals surface area (Å²) in [6, 6.07) is 4.24. The summed E-state index contributed by atoms with van der Waals surface area (Å²) in [5.74, 6) is 0.851. The second-order valence-corrected chi connectivity index (χ2v) is 5.95. The molecule has 0 spiro atoms. The molecule has 1 aromatic rings. The van der Waals surface area contributed by atoms with E-state index < -0.39 is 0 Å². The summed E-state index contributed by atoms with van der Waals surface area (Å²) in [6.07, 6.45) is 1.02. The molecular formula is C14H25N3OS. The first-order valence-electron chi connectivity index (χ1n) is 6.67. The SMILES string of the molecule is CCNC(=NCC(C)(C)OC)NCCc1cccs1. The van der Waals surface area contributed by atoms with Crippen LogP contribution in [0, 0.1) is 0 Å². The summed E-state index contributed by atoms with van der Waals surface area (Å²) in [7, 11) is 1.71. The first kappa shape index (κ1) is 16.0. The lowest BCUT2D eigenvalue weighted by Crippen LogP contribution is -2.40. The van der Waals surface area contributed by atoms with Crippen molar-refractivity contribution in [2.45, 2.75) is 32.8 Å². The lowest BCUT2D eigenvalue weighted by Gasteiger charge is -2.21. The number of thiophene rings is 1. The van der Waals surface area contributed by atoms with Gasteiger partial charge in [-0.05, 0) is 38.6 Å². The second-order valence-electron chi connectivity index (χ2n) is 4.92. The maximum absolute atomic E-state index is 5.37. The molecular weight excluding hydrogens is 258 g/mol. The standard InChI is InChI=1S/C14H25N3OS/c1-5-15-13(17-11-14(2,3)18-4)16-9-8-12-7-6-10-19-12/h6-7,10H,5,8-9,11H2,1-4H3,(H2,15,16,17). The van der Waals surface area contributed by atoms with E-state index in [0.717, 1.165) is 25.5 Å². The number of nitrogens with one attached hydrogen (secondary N) is 2. The third-order valence-corrected chi connectivity index (χ3v) is 3.69. The van der Waals surface area contributed by atoms with E-state index in [2.05, 4.69) is 40.1 Å². The van der Waals surface area contributed by atoms with Gasteiger partial charge in [-0.15, -0.1) is 11.3 Å². The number of hydrogen-bond donors (Lipinski definition) is 2. The minimum atomic E-state index is -0.226. The number of guanidine groups is 1. The Morgan fingerprint density at radius 3 is 2.79 bits per heavy atom. The first-order chi connectivity index (χ1) is 9.07. The molecule has 1 rings (SSSR count). The molecule has 0 saturated carbocycles. The predicted octanol–water partition coefficient (Wildman–Crippen LogP) is 2.27. The molecule has 0 aromatic carbocycles. The molecule has 108 valence electrons. The number of nitrogens with zero attached hydrogens (tertiary/aromatic N) is 1. The van der Waals surface area contributed by atoms with Crippen LogP contribution in [-0.4, -0.2) is 38.3 Å². The number of methoxy groups -OCH3 is 1. The van der Waals surface area contributed by atoms with Gasteiger partial charge in [-0.3, -0.25) is 4.99 Å². The molecule has 0 fully saturated rings. The molecule has 19 heavy (non-hydrogen) atoms. The van der Waals surface area contributed by atoms with Crippen molar-refractivity contribution in [3.63, 3.8) is 0 Å². The minimum absolute atomic E-state index is 0.226. The molecule has 0 bridgehead atoms. The lowest BCUT2D eigenvalue weighted by atomic mass is 10.1. The smallest absolute Gasteiger partial charge is 0.191 e. The molecule has 0 unspecified atom stereocenters. The van der Waals surface area contributed by atoms with Crippen molar-refractivity contribution in [3.05, 3.63) is 22.4 Å². The van der Waals surface area contributed by atoms with E-state index in [0.29, 0.717) is 6.54 Å². The monoisotopic (exact) mass is 283 g/mol. The Balaban J connectivity index is 2.41. The summed E-state index contributed by atoms with van der Waals surface area (Å²) in [5, 5.41) is 8.70. The molecule has 0 aliphatic carbocycles. The van der Waals surface area contributed by atoms with Gasteiger partial charge in [0.2, 0.25) is 0 Å². The third-order valence-electron chi connectivity index (χ3n) is 2.76. The summed E-state index contributed by atoms with van der Waals surface area (Å²) >= 11 is 1.79. The van der Waals surface area contributed by atoms with Gasteiger partial charge < -0.3 is 15.4 Å². The van der Waals surface area contributed by atoms with Crippen molar-refractivity contribution in [2.75, 3.05) is 26.7 Å². The molecule has 0 atom stereocenters. The zero-order chi connectivity index (χ0) is 14.1. The Morgan fingerprint density at radius 1 is 1.42 bits per heavy atom. The number of rotatable bonds is 7. The van der Waals surface area contributed by atoms with Crippen LogP contribution in [0.25, 0.3) is 0 Å². The van der Waals surface area contributed by atoms with Crippen LogP contribution < -0.4 is 10.6 Å². The van der Waals surface area contributed by atoms with Crippen LogP contribution in [0.3, 0.4) is 0 Å². The maximum atomic E-state index is 5.37. The Kier molecular flexibility index (Phi) is 6.87. The predicted molar refractivity (Wildman–Crippen MR) is 83.1 cm³/mol. The van der Waals surface area contributed by atoms with Crippen LogP contribution in [0.1, 0.15) is 25.6 Å². The van der Waals surface area contributed by atoms with Crippen LogP contribution in [-0.2, 0) is 11.2 Å². The van der Waals surface area contributed by atoms with E-state index in [1.165, 1.54) is 4.88 Å². The molecule has 0 amide bonds. The van der Waals surface area contributed by atoms with Crippen molar-refractivity contribution >= 4 is 17.3 Å². The third kappa shape index (κ3) is 6.59. The number of aliphatic imine (C=N–C) groups is 1. The van der Waals surface area contributed by atoms with Crippen molar-refractivity contribution in [1.29, 1.82) is 0 Å². The second kappa shape index (κ2) is 8.17. The van der Waals surface area contributed by atoms with E-state index in [4.69, 9.17) is 4.74 Å². The van der Waals surface area contributed by atoms with Gasteiger partial charge in [-0.25, -0.2) is 0 Å². The molecule has 0 aliphatic rings. The fraction of sp³-hybridized carbons (Fsp3) is 0.643. The Hall–Kier alpha value is -1.07. The van der Waals surface area contributed by atoms with Gasteiger partial charge in [0.25, 0.3) is 0 Å². The molecule has 1 aromatic heterocycles. The highest BCUT2D eigenvalue weighted by molar-refractivity contribution is 7.09. The Labute approximate surface area is 120 Å². The molecule has 0 saturated heterocycles. The number of ether oxygens (including phenoxy) is 1. The Bertz CT molecular complexity index is 374. The normalized spacial score (nSPS) is 12.5. The van der Waals surface area contributed by atoms with Crippen molar-refractivity contribution in [3.8, 4) is 0 Å². The van der Waals surface area contributed by atoms with Gasteiger partial charge in [-0.2, -0.15) is 0 Å². The van der Waals surface area contributed by atoms with Gasteiger partial charge in [0, 0.05) is 25.1 Å². The fourth-order valence-electron chi connectivity index (χ4n) is 1.43. The van der Waals surface area contributed by atoms with Crippen LogP contribution in [0.5, 0.6) is 0 Å². The average molecular weight is 283 g/mol. The highest BCUT2D eigenvalue weighted by Gasteiger charge is 2.15. The van der Waals surface area contributed by atoms with E-state index in [9.17, 15) is 0 Å². The summed E-state index contributed by atoms with van der Waals surface area (Å²) in [6.45, 7) is 8.52. The van der Waals surface area contributed by atoms with Crippen molar-refractivity contribution in [1.82, 2.24) is 10.6 Å². The summed E-state index contributed by atoms with van der Waals surface area (Å²) < 4.78 is 5.37. The molecule has 0 radical (unpaired) electrons. The van der Waals surface area contributed by atoms with Gasteiger partial charge in [-0.1, -0.05) is 6.07 Å². The zero-order valence-corrected chi connectivity index (χ0v) is 13.1. The minimum Gasteiger partial charge on any atom is -0.377 e. The lowest BCUT2D eigenvalue weighted by molar-refractivity contribution is 0.0310. The Morgan fingerprint density at radius 2 is 2.21 bits per heavy atom. The maximum Gasteiger partial charge on any atom is 0.191 e. The van der Waals surface area contributed by atoms with E-state index in [1.54, 1.807) is 18.4 Å². The number of hydrogen-bond acceptors (Lipinski definition) is 3. The van der Waals surface area contributed by atoms with Crippen LogP contribution in [0.4, 0.5) is 0 Å². The van der Waals surface area contributed by atoms with Gasteiger partial charge in [0.05, 0.1) is 12.1 Å². The zero-order valence-electron chi connectivity index (χ0n) is 12.3. The largest absolute Gasteiger partial charge is 0.377 e. The van der Waals surface area contributed by atoms with Gasteiger partial charge in [0.15, 0.2) is 5.96 Å². The van der Waals surface area contributed by atoms with Gasteiger partial charge >= 0.3 is 0 Å². The van der Waals surface area contributed by atoms with E-state index in [-0.39, 0.29) is 5.60 Å². The summed E-state index contributed by atoms with van der Waals surface area (Å²) in [5.41, 5.74) is -0.226. The first-order valence-corrected chi connectivity index (χ1v) is 7.55. The summed E-state index contributed by atoms with van der Waals surface area (Å²) in [4.78, 5) is 5.94. The van der Waals surface area contributed by atoms with Crippen LogP contribution in [0.15, 0.2) is 22.5 Å². The van der Waals surface area contributed by atoms with Crippen molar-refractivity contribution < 1.29 is 4.74 Å². The topological polar surface area (TPSA) is 45.7 Å². The molecule has 4 nitrogen and oxygen atoms in total. The highest BCUT2D eigenvalue weighted by Crippen LogP contribution is 2.08. The van der Waals surface area contributed by atoms with Crippen molar-refractivity contribution in [2.24, 2.45) is 4.99 Å². The van der Waals surface area contributed by atoms with Gasteiger partial charge in [0.1, 0.15) is 0 Å². The molecule has 0 aliphatic heterocycles. The van der Waals surface area contributed by atoms with Crippen LogP contribution in [0.2, 0.25) is 0 Å². The quantitative estimate of drug-likeness (QED) is 0.596.